The van der Waals surface area contributed by atoms with Gasteiger partial charge in [-0.3, -0.25) is 4.79 Å². The molecule has 0 spiro atoms. The fraction of sp³-hybridized carbons (Fsp3) is 0.130. The van der Waals surface area contributed by atoms with Gasteiger partial charge in [-0.1, -0.05) is 60.7 Å². The van der Waals surface area contributed by atoms with Crippen molar-refractivity contribution in [2.24, 2.45) is 0 Å². The molecule has 0 saturated heterocycles. The molecule has 4 rings (SSSR count). The first-order chi connectivity index (χ1) is 13.7. The monoisotopic (exact) mass is 387 g/mol. The van der Waals surface area contributed by atoms with Gasteiger partial charge in [-0.05, 0) is 34.9 Å². The molecular formula is C23H21N3OS. The smallest absolute Gasteiger partial charge is 0.245 e. The van der Waals surface area contributed by atoms with E-state index in [-0.39, 0.29) is 12.5 Å². The molecule has 4 nitrogen and oxygen atoms in total. The SMILES string of the molecule is Cc1ccccc1NCC(=O)Nc1ncc(Cc2cccc3ccccc23)s1. The lowest BCUT2D eigenvalue weighted by Crippen LogP contribution is -2.21. The maximum absolute atomic E-state index is 12.2. The van der Waals surface area contributed by atoms with Crippen molar-refractivity contribution in [2.75, 3.05) is 17.2 Å². The highest BCUT2D eigenvalue weighted by Gasteiger charge is 2.09. The summed E-state index contributed by atoms with van der Waals surface area (Å²) >= 11 is 1.52. The summed E-state index contributed by atoms with van der Waals surface area (Å²) < 4.78 is 0. The first-order valence-corrected chi connectivity index (χ1v) is 10.0. The predicted octanol–water partition coefficient (Wildman–Crippen LogP) is 5.25. The van der Waals surface area contributed by atoms with Crippen LogP contribution in [0.2, 0.25) is 0 Å². The molecule has 0 atom stereocenters. The van der Waals surface area contributed by atoms with Crippen LogP contribution in [-0.2, 0) is 11.2 Å². The molecule has 2 N–H and O–H groups in total. The molecule has 140 valence electrons. The number of thiazole rings is 1. The molecule has 0 fully saturated rings. The van der Waals surface area contributed by atoms with E-state index in [1.54, 1.807) is 0 Å². The van der Waals surface area contributed by atoms with Crippen LogP contribution < -0.4 is 10.6 Å². The number of hydrogen-bond donors (Lipinski definition) is 2. The molecule has 28 heavy (non-hydrogen) atoms. The number of rotatable bonds is 6. The van der Waals surface area contributed by atoms with Gasteiger partial charge in [-0.15, -0.1) is 11.3 Å². The van der Waals surface area contributed by atoms with Gasteiger partial charge < -0.3 is 10.6 Å². The number of para-hydroxylation sites is 1. The van der Waals surface area contributed by atoms with Crippen LogP contribution in [0.25, 0.3) is 10.8 Å². The largest absolute Gasteiger partial charge is 0.376 e. The number of amides is 1. The van der Waals surface area contributed by atoms with E-state index < -0.39 is 0 Å². The topological polar surface area (TPSA) is 54.0 Å². The molecular weight excluding hydrogens is 366 g/mol. The van der Waals surface area contributed by atoms with E-state index in [0.29, 0.717) is 5.13 Å². The lowest BCUT2D eigenvalue weighted by Gasteiger charge is -2.08. The van der Waals surface area contributed by atoms with E-state index in [4.69, 9.17) is 0 Å². The molecule has 3 aromatic carbocycles. The van der Waals surface area contributed by atoms with Crippen molar-refractivity contribution >= 4 is 38.8 Å². The minimum absolute atomic E-state index is 0.102. The standard InChI is InChI=1S/C23H21N3OS/c1-16-7-2-5-12-21(16)24-15-22(27)26-23-25-14-19(28-23)13-18-10-6-9-17-8-3-4-11-20(17)18/h2-12,14,24H,13,15H2,1H3,(H,25,26,27). The number of aromatic nitrogens is 1. The molecule has 0 aliphatic heterocycles. The molecule has 5 heteroatoms. The Morgan fingerprint density at radius 2 is 1.79 bits per heavy atom. The van der Waals surface area contributed by atoms with E-state index in [9.17, 15) is 4.79 Å². The zero-order valence-electron chi connectivity index (χ0n) is 15.6. The number of hydrogen-bond acceptors (Lipinski definition) is 4. The van der Waals surface area contributed by atoms with Gasteiger partial charge in [-0.25, -0.2) is 4.98 Å². The Bertz CT molecular complexity index is 1110. The summed E-state index contributed by atoms with van der Waals surface area (Å²) in [5.74, 6) is -0.102. The summed E-state index contributed by atoms with van der Waals surface area (Å²) in [7, 11) is 0. The van der Waals surface area contributed by atoms with Crippen molar-refractivity contribution in [1.29, 1.82) is 0 Å². The molecule has 0 aliphatic carbocycles. The van der Waals surface area contributed by atoms with E-state index >= 15 is 0 Å². The third-order valence-corrected chi connectivity index (χ3v) is 5.54. The lowest BCUT2D eigenvalue weighted by molar-refractivity contribution is -0.114. The van der Waals surface area contributed by atoms with Crippen LogP contribution >= 0.6 is 11.3 Å². The Hall–Kier alpha value is -3.18. The average Bonchev–Trinajstić information content (AvgIpc) is 3.14. The Labute approximate surface area is 168 Å². The summed E-state index contributed by atoms with van der Waals surface area (Å²) in [6, 6.07) is 22.6. The van der Waals surface area contributed by atoms with Crippen molar-refractivity contribution in [2.45, 2.75) is 13.3 Å². The maximum atomic E-state index is 12.2. The van der Waals surface area contributed by atoms with Gasteiger partial charge in [0.2, 0.25) is 5.91 Å². The van der Waals surface area contributed by atoms with Crippen molar-refractivity contribution in [3.8, 4) is 0 Å². The summed E-state index contributed by atoms with van der Waals surface area (Å²) in [6.45, 7) is 2.23. The maximum Gasteiger partial charge on any atom is 0.245 e. The van der Waals surface area contributed by atoms with Crippen LogP contribution in [0.15, 0.2) is 72.9 Å². The highest BCUT2D eigenvalue weighted by molar-refractivity contribution is 7.15. The van der Waals surface area contributed by atoms with Crippen LogP contribution in [0, 0.1) is 6.92 Å². The summed E-state index contributed by atoms with van der Waals surface area (Å²) in [5, 5.41) is 9.17. The van der Waals surface area contributed by atoms with Crippen LogP contribution in [0.4, 0.5) is 10.8 Å². The van der Waals surface area contributed by atoms with Gasteiger partial charge in [0.1, 0.15) is 0 Å². The zero-order chi connectivity index (χ0) is 19.3. The Morgan fingerprint density at radius 3 is 2.68 bits per heavy atom. The van der Waals surface area contributed by atoms with Gasteiger partial charge in [0.05, 0.1) is 6.54 Å². The first kappa shape index (κ1) is 18.2. The number of carbonyl (C=O) groups excluding carboxylic acids is 1. The second-order valence-electron chi connectivity index (χ2n) is 6.66. The van der Waals surface area contributed by atoms with E-state index in [0.717, 1.165) is 22.5 Å². The normalized spacial score (nSPS) is 10.8. The second kappa shape index (κ2) is 8.23. The van der Waals surface area contributed by atoms with Crippen LogP contribution in [0.3, 0.4) is 0 Å². The number of nitrogens with zero attached hydrogens (tertiary/aromatic N) is 1. The van der Waals surface area contributed by atoms with Gasteiger partial charge >= 0.3 is 0 Å². The molecule has 0 bridgehead atoms. The minimum atomic E-state index is -0.102. The summed E-state index contributed by atoms with van der Waals surface area (Å²) in [6.07, 6.45) is 2.65. The molecule has 0 saturated carbocycles. The van der Waals surface area contributed by atoms with E-state index in [1.165, 1.54) is 27.7 Å². The second-order valence-corrected chi connectivity index (χ2v) is 7.78. The number of aryl methyl sites for hydroxylation is 1. The Morgan fingerprint density at radius 1 is 1.00 bits per heavy atom. The lowest BCUT2D eigenvalue weighted by atomic mass is 10.0. The number of nitrogens with one attached hydrogen (secondary N) is 2. The molecule has 1 aromatic heterocycles. The molecule has 0 radical (unpaired) electrons. The summed E-state index contributed by atoms with van der Waals surface area (Å²) in [4.78, 5) is 17.7. The van der Waals surface area contributed by atoms with Crippen LogP contribution in [0.1, 0.15) is 16.0 Å². The van der Waals surface area contributed by atoms with Gasteiger partial charge in [0, 0.05) is 23.2 Å². The van der Waals surface area contributed by atoms with E-state index in [1.807, 2.05) is 37.4 Å². The van der Waals surface area contributed by atoms with Gasteiger partial charge in [-0.2, -0.15) is 0 Å². The van der Waals surface area contributed by atoms with Gasteiger partial charge in [0.15, 0.2) is 5.13 Å². The molecule has 0 unspecified atom stereocenters. The Balaban J connectivity index is 1.39. The zero-order valence-corrected chi connectivity index (χ0v) is 16.4. The Kier molecular flexibility index (Phi) is 5.35. The number of carbonyl (C=O) groups is 1. The number of fused-ring (bicyclic) bond motifs is 1. The van der Waals surface area contributed by atoms with Crippen molar-refractivity contribution in [1.82, 2.24) is 4.98 Å². The molecule has 4 aromatic rings. The number of benzene rings is 3. The molecule has 1 amide bonds. The van der Waals surface area contributed by atoms with Gasteiger partial charge in [0.25, 0.3) is 0 Å². The average molecular weight is 388 g/mol. The highest BCUT2D eigenvalue weighted by Crippen LogP contribution is 2.25. The van der Waals surface area contributed by atoms with Crippen LogP contribution in [0.5, 0.6) is 0 Å². The fourth-order valence-electron chi connectivity index (χ4n) is 3.19. The predicted molar refractivity (Wildman–Crippen MR) is 117 cm³/mol. The quantitative estimate of drug-likeness (QED) is 0.475. The van der Waals surface area contributed by atoms with Crippen LogP contribution in [-0.4, -0.2) is 17.4 Å². The van der Waals surface area contributed by atoms with Crippen molar-refractivity contribution in [3.63, 3.8) is 0 Å². The highest BCUT2D eigenvalue weighted by atomic mass is 32.1. The minimum Gasteiger partial charge on any atom is -0.376 e. The number of anilines is 2. The summed E-state index contributed by atoms with van der Waals surface area (Å²) in [5.41, 5.74) is 3.34. The first-order valence-electron chi connectivity index (χ1n) is 9.20. The molecule has 0 aliphatic rings. The third-order valence-electron chi connectivity index (χ3n) is 4.63. The third kappa shape index (κ3) is 4.21. The van der Waals surface area contributed by atoms with E-state index in [2.05, 4.69) is 58.1 Å². The molecule has 1 heterocycles. The van der Waals surface area contributed by atoms with Crippen molar-refractivity contribution in [3.05, 3.63) is 88.9 Å². The fourth-order valence-corrected chi connectivity index (χ4v) is 4.04. The van der Waals surface area contributed by atoms with Crippen molar-refractivity contribution < 1.29 is 4.79 Å².